The van der Waals surface area contributed by atoms with Gasteiger partial charge < -0.3 is 23.9 Å². The fourth-order valence-electron chi connectivity index (χ4n) is 4.33. The van der Waals surface area contributed by atoms with Gasteiger partial charge in [0, 0.05) is 13.0 Å². The molecule has 0 saturated carbocycles. The summed E-state index contributed by atoms with van der Waals surface area (Å²) in [6.07, 6.45) is 0.424. The Hall–Kier alpha value is -3.53. The first-order chi connectivity index (χ1) is 16.7. The fraction of sp³-hybridized carbons (Fsp3) is 0.320. The number of aliphatic hydroxyl groups excluding tert-OH is 1. The highest BCUT2D eigenvalue weighted by molar-refractivity contribution is 5.77. The molecular weight excluding hydrogens is 436 g/mol. The molecule has 9 heteroatoms. The molecule has 0 amide bonds. The van der Waals surface area contributed by atoms with Gasteiger partial charge in [-0.25, -0.2) is 14.3 Å². The average molecular weight is 463 g/mol. The number of ether oxygens (including phenoxy) is 3. The molecule has 0 unspecified atom stereocenters. The molecule has 0 spiro atoms. The molecule has 0 radical (unpaired) electrons. The number of methoxy groups -OCH3 is 1. The van der Waals surface area contributed by atoms with Crippen molar-refractivity contribution < 1.29 is 19.3 Å². The van der Waals surface area contributed by atoms with Gasteiger partial charge in [0.1, 0.15) is 17.8 Å². The van der Waals surface area contributed by atoms with Crippen LogP contribution in [0.25, 0.3) is 11.2 Å². The van der Waals surface area contributed by atoms with Gasteiger partial charge >= 0.3 is 5.69 Å². The summed E-state index contributed by atoms with van der Waals surface area (Å²) in [6.45, 7) is 0.704. The van der Waals surface area contributed by atoms with Crippen LogP contribution < -0.4 is 10.4 Å². The zero-order chi connectivity index (χ0) is 23.5. The van der Waals surface area contributed by atoms with Crippen molar-refractivity contribution in [3.05, 3.63) is 88.6 Å². The summed E-state index contributed by atoms with van der Waals surface area (Å²) in [5.74, 6) is 0.207. The SMILES string of the molecule is COc1nc(=O)n([C@H]2C[C@H](OCc3ccccc3)[C@@H](CO)O2)c2ncn(Cc3ccccc3)c12. The Morgan fingerprint density at radius 2 is 1.79 bits per heavy atom. The van der Waals surface area contributed by atoms with Crippen molar-refractivity contribution in [1.82, 2.24) is 19.1 Å². The Morgan fingerprint density at radius 1 is 1.09 bits per heavy atom. The molecule has 2 aromatic carbocycles. The van der Waals surface area contributed by atoms with Crippen molar-refractivity contribution >= 4 is 11.2 Å². The standard InChI is InChI=1S/C25H26N4O5/c1-32-24-22-23(26-16-28(22)13-17-8-4-2-5-9-17)29(25(31)27-24)21-12-19(20(14-30)34-21)33-15-18-10-6-3-7-11-18/h2-11,16,19-21,30H,12-15H2,1H3/t19-,20+,21+/m0/s1. The molecule has 1 aliphatic rings. The van der Waals surface area contributed by atoms with Crippen LogP contribution in [0.2, 0.25) is 0 Å². The summed E-state index contributed by atoms with van der Waals surface area (Å²) in [4.78, 5) is 21.7. The van der Waals surface area contributed by atoms with Gasteiger partial charge in [-0.15, -0.1) is 0 Å². The lowest BCUT2D eigenvalue weighted by molar-refractivity contribution is -0.0649. The van der Waals surface area contributed by atoms with E-state index in [1.165, 1.54) is 11.7 Å². The summed E-state index contributed by atoms with van der Waals surface area (Å²) in [6, 6.07) is 19.7. The number of hydrogen-bond donors (Lipinski definition) is 1. The first-order valence-electron chi connectivity index (χ1n) is 11.1. The number of benzene rings is 2. The second kappa shape index (κ2) is 9.76. The molecule has 1 fully saturated rings. The topological polar surface area (TPSA) is 101 Å². The van der Waals surface area contributed by atoms with Crippen molar-refractivity contribution in [2.75, 3.05) is 13.7 Å². The Balaban J connectivity index is 1.46. The number of aromatic nitrogens is 4. The molecule has 1 N–H and O–H groups in total. The third kappa shape index (κ3) is 4.33. The number of fused-ring (bicyclic) bond motifs is 1. The summed E-state index contributed by atoms with van der Waals surface area (Å²) < 4.78 is 20.8. The van der Waals surface area contributed by atoms with Crippen LogP contribution in [-0.4, -0.2) is 50.1 Å². The summed E-state index contributed by atoms with van der Waals surface area (Å²) >= 11 is 0. The van der Waals surface area contributed by atoms with Crippen LogP contribution in [0.5, 0.6) is 5.88 Å². The summed E-state index contributed by atoms with van der Waals surface area (Å²) in [5.41, 5.74) is 2.59. The van der Waals surface area contributed by atoms with Crippen LogP contribution in [0.1, 0.15) is 23.8 Å². The second-order valence-corrected chi connectivity index (χ2v) is 8.19. The minimum absolute atomic E-state index is 0.207. The van der Waals surface area contributed by atoms with Gasteiger partial charge in [-0.05, 0) is 11.1 Å². The lowest BCUT2D eigenvalue weighted by Crippen LogP contribution is -2.29. The zero-order valence-electron chi connectivity index (χ0n) is 18.8. The lowest BCUT2D eigenvalue weighted by atomic mass is 10.1. The molecule has 9 nitrogen and oxygen atoms in total. The van der Waals surface area contributed by atoms with Gasteiger partial charge in [0.05, 0.1) is 32.8 Å². The quantitative estimate of drug-likeness (QED) is 0.429. The van der Waals surface area contributed by atoms with E-state index in [0.717, 1.165) is 11.1 Å². The molecular formula is C25H26N4O5. The van der Waals surface area contributed by atoms with E-state index >= 15 is 0 Å². The minimum atomic E-state index is -0.675. The van der Waals surface area contributed by atoms with E-state index in [1.807, 2.05) is 65.2 Å². The normalized spacial score (nSPS) is 20.1. The van der Waals surface area contributed by atoms with E-state index in [4.69, 9.17) is 14.2 Å². The Bertz CT molecular complexity index is 1310. The van der Waals surface area contributed by atoms with Gasteiger partial charge in [-0.2, -0.15) is 4.98 Å². The monoisotopic (exact) mass is 462 g/mol. The number of hydrogen-bond acceptors (Lipinski definition) is 7. The first-order valence-corrected chi connectivity index (χ1v) is 11.1. The van der Waals surface area contributed by atoms with Crippen LogP contribution in [0, 0.1) is 0 Å². The molecule has 34 heavy (non-hydrogen) atoms. The van der Waals surface area contributed by atoms with Crippen LogP contribution in [0.15, 0.2) is 71.8 Å². The predicted octanol–water partition coefficient (Wildman–Crippen LogP) is 2.52. The van der Waals surface area contributed by atoms with E-state index in [-0.39, 0.29) is 18.6 Å². The maximum absolute atomic E-state index is 13.0. The summed E-state index contributed by atoms with van der Waals surface area (Å²) in [5, 5.41) is 9.88. The Kier molecular flexibility index (Phi) is 6.39. The molecule has 1 aliphatic heterocycles. The van der Waals surface area contributed by atoms with Crippen molar-refractivity contribution in [2.24, 2.45) is 0 Å². The Labute approximate surface area is 196 Å². The van der Waals surface area contributed by atoms with E-state index in [2.05, 4.69) is 9.97 Å². The maximum atomic E-state index is 13.0. The van der Waals surface area contributed by atoms with E-state index in [9.17, 15) is 9.90 Å². The van der Waals surface area contributed by atoms with Crippen LogP contribution >= 0.6 is 0 Å². The molecule has 3 heterocycles. The molecule has 2 aromatic heterocycles. The smallest absolute Gasteiger partial charge is 0.354 e. The lowest BCUT2D eigenvalue weighted by Gasteiger charge is -2.17. The van der Waals surface area contributed by atoms with Gasteiger partial charge in [0.2, 0.25) is 5.88 Å². The van der Waals surface area contributed by atoms with Crippen LogP contribution in [0.3, 0.4) is 0 Å². The third-order valence-electron chi connectivity index (χ3n) is 6.00. The fourth-order valence-corrected chi connectivity index (χ4v) is 4.33. The van der Waals surface area contributed by atoms with Crippen LogP contribution in [0.4, 0.5) is 0 Å². The molecule has 0 bridgehead atoms. The molecule has 1 saturated heterocycles. The van der Waals surface area contributed by atoms with Crippen molar-refractivity contribution in [1.29, 1.82) is 0 Å². The minimum Gasteiger partial charge on any atom is -0.479 e. The first kappa shape index (κ1) is 22.3. The van der Waals surface area contributed by atoms with E-state index in [1.54, 1.807) is 6.33 Å². The van der Waals surface area contributed by atoms with Gasteiger partial charge in [0.25, 0.3) is 0 Å². The predicted molar refractivity (Wildman–Crippen MR) is 125 cm³/mol. The highest BCUT2D eigenvalue weighted by atomic mass is 16.6. The van der Waals surface area contributed by atoms with Crippen LogP contribution in [-0.2, 0) is 22.6 Å². The molecule has 3 atom stereocenters. The highest BCUT2D eigenvalue weighted by Crippen LogP contribution is 2.33. The maximum Gasteiger partial charge on any atom is 0.354 e. The van der Waals surface area contributed by atoms with Gasteiger partial charge in [-0.3, -0.25) is 0 Å². The average Bonchev–Trinajstić information content (AvgIpc) is 3.47. The van der Waals surface area contributed by atoms with Gasteiger partial charge in [-0.1, -0.05) is 60.7 Å². The highest BCUT2D eigenvalue weighted by Gasteiger charge is 2.38. The number of rotatable bonds is 8. The molecule has 5 rings (SSSR count). The zero-order valence-corrected chi connectivity index (χ0v) is 18.8. The third-order valence-corrected chi connectivity index (χ3v) is 6.00. The van der Waals surface area contributed by atoms with Crippen molar-refractivity contribution in [3.8, 4) is 5.88 Å². The largest absolute Gasteiger partial charge is 0.479 e. The second-order valence-electron chi connectivity index (χ2n) is 8.19. The molecule has 176 valence electrons. The van der Waals surface area contributed by atoms with E-state index in [0.29, 0.717) is 30.7 Å². The van der Waals surface area contributed by atoms with E-state index < -0.39 is 18.0 Å². The van der Waals surface area contributed by atoms with Crippen molar-refractivity contribution in [3.63, 3.8) is 0 Å². The van der Waals surface area contributed by atoms with Gasteiger partial charge in [0.15, 0.2) is 5.65 Å². The van der Waals surface area contributed by atoms with Crippen molar-refractivity contribution in [2.45, 2.75) is 38.0 Å². The Morgan fingerprint density at radius 3 is 2.47 bits per heavy atom. The molecule has 4 aromatic rings. The number of aliphatic hydroxyl groups is 1. The molecule has 0 aliphatic carbocycles. The number of imidazole rings is 1. The summed E-state index contributed by atoms with van der Waals surface area (Å²) in [7, 11) is 1.48. The number of nitrogens with zero attached hydrogens (tertiary/aromatic N) is 4.